The van der Waals surface area contributed by atoms with Gasteiger partial charge in [0.15, 0.2) is 6.61 Å². The molecule has 1 heterocycles. The molecule has 22 heavy (non-hydrogen) atoms. The van der Waals surface area contributed by atoms with Crippen LogP contribution in [0.3, 0.4) is 0 Å². The second kappa shape index (κ2) is 8.84. The molecule has 1 amide bonds. The van der Waals surface area contributed by atoms with Gasteiger partial charge in [-0.3, -0.25) is 4.79 Å². The SMILES string of the molecule is O=C(COC(=O)c1cc(Br)c(Br)s1)NCCC1=CCCCC1. The van der Waals surface area contributed by atoms with E-state index in [9.17, 15) is 9.59 Å². The van der Waals surface area contributed by atoms with Gasteiger partial charge < -0.3 is 10.1 Å². The van der Waals surface area contributed by atoms with Crippen molar-refractivity contribution < 1.29 is 14.3 Å². The fourth-order valence-electron chi connectivity index (χ4n) is 2.19. The number of halogens is 2. The summed E-state index contributed by atoms with van der Waals surface area (Å²) in [5.74, 6) is -0.749. The molecule has 0 radical (unpaired) electrons. The maximum Gasteiger partial charge on any atom is 0.348 e. The van der Waals surface area contributed by atoms with Crippen molar-refractivity contribution in [2.24, 2.45) is 0 Å². The maximum atomic E-state index is 11.8. The Morgan fingerprint density at radius 2 is 2.14 bits per heavy atom. The number of ether oxygens (including phenoxy) is 1. The summed E-state index contributed by atoms with van der Waals surface area (Å²) in [6, 6.07) is 1.67. The lowest BCUT2D eigenvalue weighted by Gasteiger charge is -2.12. The molecule has 1 aromatic rings. The van der Waals surface area contributed by atoms with Crippen LogP contribution in [0.2, 0.25) is 0 Å². The number of rotatable bonds is 6. The Labute approximate surface area is 150 Å². The molecule has 0 atom stereocenters. The minimum absolute atomic E-state index is 0.245. The van der Waals surface area contributed by atoms with Crippen LogP contribution in [0.1, 0.15) is 41.8 Å². The normalized spacial score (nSPS) is 14.4. The summed E-state index contributed by atoms with van der Waals surface area (Å²) in [6.07, 6.45) is 7.93. The zero-order valence-corrected chi connectivity index (χ0v) is 16.0. The molecule has 1 aromatic heterocycles. The average molecular weight is 451 g/mol. The van der Waals surface area contributed by atoms with Gasteiger partial charge in [0.05, 0.1) is 3.79 Å². The van der Waals surface area contributed by atoms with Gasteiger partial charge in [0.1, 0.15) is 4.88 Å². The van der Waals surface area contributed by atoms with Crippen LogP contribution in [0.4, 0.5) is 0 Å². The molecule has 7 heteroatoms. The third-order valence-corrected chi connectivity index (χ3v) is 6.57. The minimum Gasteiger partial charge on any atom is -0.451 e. The highest BCUT2D eigenvalue weighted by Crippen LogP contribution is 2.32. The first-order valence-electron chi connectivity index (χ1n) is 7.13. The largest absolute Gasteiger partial charge is 0.451 e. The third kappa shape index (κ3) is 5.52. The van der Waals surface area contributed by atoms with E-state index >= 15 is 0 Å². The molecular formula is C15H17Br2NO3S. The number of allylic oxidation sites excluding steroid dienone is 1. The van der Waals surface area contributed by atoms with Crippen LogP contribution >= 0.6 is 43.2 Å². The molecule has 1 aliphatic rings. The van der Waals surface area contributed by atoms with Crippen molar-refractivity contribution in [3.63, 3.8) is 0 Å². The van der Waals surface area contributed by atoms with Crippen molar-refractivity contribution >= 4 is 55.1 Å². The van der Waals surface area contributed by atoms with Crippen molar-refractivity contribution in [2.45, 2.75) is 32.1 Å². The number of nitrogens with one attached hydrogen (secondary N) is 1. The molecule has 0 saturated carbocycles. The molecule has 1 aliphatic carbocycles. The van der Waals surface area contributed by atoms with Gasteiger partial charge >= 0.3 is 5.97 Å². The molecule has 4 nitrogen and oxygen atoms in total. The first-order valence-corrected chi connectivity index (χ1v) is 9.53. The number of esters is 1. The molecule has 120 valence electrons. The van der Waals surface area contributed by atoms with E-state index in [4.69, 9.17) is 4.74 Å². The van der Waals surface area contributed by atoms with Gasteiger partial charge in [-0.05, 0) is 70.0 Å². The number of hydrogen-bond donors (Lipinski definition) is 1. The second-order valence-electron chi connectivity index (χ2n) is 5.02. The van der Waals surface area contributed by atoms with Crippen LogP contribution in [0.25, 0.3) is 0 Å². The van der Waals surface area contributed by atoms with Crippen LogP contribution in [0, 0.1) is 0 Å². The Morgan fingerprint density at radius 3 is 2.77 bits per heavy atom. The van der Waals surface area contributed by atoms with E-state index in [0.29, 0.717) is 11.4 Å². The van der Waals surface area contributed by atoms with E-state index in [1.54, 1.807) is 6.07 Å². The second-order valence-corrected chi connectivity index (χ2v) is 8.24. The van der Waals surface area contributed by atoms with E-state index in [1.807, 2.05) is 0 Å². The zero-order chi connectivity index (χ0) is 15.9. The first kappa shape index (κ1) is 17.7. The van der Waals surface area contributed by atoms with Crippen LogP contribution in [-0.2, 0) is 9.53 Å². The zero-order valence-electron chi connectivity index (χ0n) is 12.0. The number of hydrogen-bond acceptors (Lipinski definition) is 4. The number of amides is 1. The Bertz CT molecular complexity index is 564. The van der Waals surface area contributed by atoms with E-state index in [2.05, 4.69) is 43.3 Å². The Morgan fingerprint density at radius 1 is 1.32 bits per heavy atom. The fraction of sp³-hybridized carbons (Fsp3) is 0.467. The lowest BCUT2D eigenvalue weighted by atomic mass is 9.97. The van der Waals surface area contributed by atoms with E-state index in [-0.39, 0.29) is 12.5 Å². The third-order valence-electron chi connectivity index (χ3n) is 3.33. The predicted octanol–water partition coefficient (Wildman–Crippen LogP) is 4.44. The summed E-state index contributed by atoms with van der Waals surface area (Å²) in [6.45, 7) is 0.351. The Balaban J connectivity index is 1.66. The average Bonchev–Trinajstić information content (AvgIpc) is 2.85. The van der Waals surface area contributed by atoms with Gasteiger partial charge in [0.25, 0.3) is 5.91 Å². The number of thiophene rings is 1. The summed E-state index contributed by atoms with van der Waals surface area (Å²) in [4.78, 5) is 23.9. The topological polar surface area (TPSA) is 55.4 Å². The standard InChI is InChI=1S/C15H17Br2NO3S/c16-11-8-12(22-14(11)17)15(20)21-9-13(19)18-7-6-10-4-2-1-3-5-10/h4,8H,1-3,5-7,9H2,(H,18,19). The Hall–Kier alpha value is -0.660. The summed E-state index contributed by atoms with van der Waals surface area (Å²) < 4.78 is 6.63. The fourth-order valence-corrected chi connectivity index (χ4v) is 4.12. The van der Waals surface area contributed by atoms with Crippen LogP contribution in [0.5, 0.6) is 0 Å². The minimum atomic E-state index is -0.485. The quantitative estimate of drug-likeness (QED) is 0.514. The molecule has 0 saturated heterocycles. The van der Waals surface area contributed by atoms with E-state index < -0.39 is 5.97 Å². The van der Waals surface area contributed by atoms with Crippen molar-refractivity contribution in [3.05, 3.63) is 30.9 Å². The lowest BCUT2D eigenvalue weighted by molar-refractivity contribution is -0.124. The van der Waals surface area contributed by atoms with Gasteiger partial charge in [-0.2, -0.15) is 0 Å². The molecule has 0 aliphatic heterocycles. The molecule has 0 fully saturated rings. The summed E-state index contributed by atoms with van der Waals surface area (Å²) in [7, 11) is 0. The highest BCUT2D eigenvalue weighted by molar-refractivity contribution is 9.13. The smallest absolute Gasteiger partial charge is 0.348 e. The summed E-state index contributed by atoms with van der Waals surface area (Å²) in [5.41, 5.74) is 1.41. The molecule has 2 rings (SSSR count). The van der Waals surface area contributed by atoms with Gasteiger partial charge in [-0.25, -0.2) is 4.79 Å². The summed E-state index contributed by atoms with van der Waals surface area (Å²) >= 11 is 7.89. The van der Waals surface area contributed by atoms with Gasteiger partial charge in [-0.1, -0.05) is 11.6 Å². The molecule has 0 bridgehead atoms. The number of carbonyl (C=O) groups excluding carboxylic acids is 2. The van der Waals surface area contributed by atoms with Gasteiger partial charge in [-0.15, -0.1) is 11.3 Å². The maximum absolute atomic E-state index is 11.8. The van der Waals surface area contributed by atoms with Crippen LogP contribution in [0.15, 0.2) is 26.0 Å². The van der Waals surface area contributed by atoms with Crippen molar-refractivity contribution in [2.75, 3.05) is 13.2 Å². The summed E-state index contributed by atoms with van der Waals surface area (Å²) in [5, 5.41) is 2.78. The number of carbonyl (C=O) groups is 2. The van der Waals surface area contributed by atoms with Crippen molar-refractivity contribution in [1.29, 1.82) is 0 Å². The highest BCUT2D eigenvalue weighted by atomic mass is 79.9. The molecule has 0 aromatic carbocycles. The first-order chi connectivity index (χ1) is 10.6. The van der Waals surface area contributed by atoms with Crippen LogP contribution in [-0.4, -0.2) is 25.0 Å². The highest BCUT2D eigenvalue weighted by Gasteiger charge is 2.15. The molecular weight excluding hydrogens is 434 g/mol. The monoisotopic (exact) mass is 449 g/mol. The lowest BCUT2D eigenvalue weighted by Crippen LogP contribution is -2.29. The van der Waals surface area contributed by atoms with E-state index in [0.717, 1.165) is 27.5 Å². The predicted molar refractivity (Wildman–Crippen MR) is 94.2 cm³/mol. The van der Waals surface area contributed by atoms with Gasteiger partial charge in [0.2, 0.25) is 0 Å². The van der Waals surface area contributed by atoms with Crippen LogP contribution < -0.4 is 5.32 Å². The van der Waals surface area contributed by atoms with Crippen molar-refractivity contribution in [3.8, 4) is 0 Å². The Kier molecular flexibility index (Phi) is 7.11. The molecule has 0 spiro atoms. The van der Waals surface area contributed by atoms with Gasteiger partial charge in [0, 0.05) is 11.0 Å². The van der Waals surface area contributed by atoms with E-state index in [1.165, 1.54) is 29.8 Å². The molecule has 1 N–H and O–H groups in total. The molecule has 0 unspecified atom stereocenters. The van der Waals surface area contributed by atoms with Crippen molar-refractivity contribution in [1.82, 2.24) is 5.32 Å².